The second-order valence-electron chi connectivity index (χ2n) is 6.66. The molecule has 1 N–H and O–H groups in total. The number of pyridine rings is 1. The van der Waals surface area contributed by atoms with Gasteiger partial charge in [0.25, 0.3) is 5.91 Å². The van der Waals surface area contributed by atoms with Crippen LogP contribution in [0.4, 0.5) is 20.3 Å². The topological polar surface area (TPSA) is 45.2 Å². The Hall–Kier alpha value is -3.28. The van der Waals surface area contributed by atoms with Crippen LogP contribution in [0.15, 0.2) is 66.9 Å². The average Bonchev–Trinajstić information content (AvgIpc) is 2.69. The zero-order valence-electron chi connectivity index (χ0n) is 15.7. The third-order valence-corrected chi connectivity index (χ3v) is 4.32. The lowest BCUT2D eigenvalue weighted by atomic mass is 10.1. The predicted molar refractivity (Wildman–Crippen MR) is 106 cm³/mol. The maximum atomic E-state index is 13.8. The molecule has 0 saturated heterocycles. The van der Waals surface area contributed by atoms with E-state index in [1.807, 2.05) is 44.2 Å². The van der Waals surface area contributed by atoms with Crippen molar-refractivity contribution < 1.29 is 13.6 Å². The van der Waals surface area contributed by atoms with Gasteiger partial charge in [-0.15, -0.1) is 0 Å². The fourth-order valence-electron chi connectivity index (χ4n) is 2.83. The van der Waals surface area contributed by atoms with Crippen molar-refractivity contribution in [1.29, 1.82) is 0 Å². The number of hydrogen-bond donors (Lipinski definition) is 1. The maximum absolute atomic E-state index is 13.8. The Morgan fingerprint density at radius 2 is 1.71 bits per heavy atom. The standard InChI is InChI=1S/C22H21F2N3O/c1-15(2)27(14-16-7-4-3-5-8-16)20-13-17(11-12-25-20)22(28)26-21-18(23)9-6-10-19(21)24/h3-13,15H,14H2,1-2H3,(H,26,28). The number of nitrogens with zero attached hydrogens (tertiary/aromatic N) is 2. The fourth-order valence-corrected chi connectivity index (χ4v) is 2.83. The number of para-hydroxylation sites is 1. The number of rotatable bonds is 6. The smallest absolute Gasteiger partial charge is 0.256 e. The van der Waals surface area contributed by atoms with E-state index in [1.54, 1.807) is 6.07 Å². The minimum absolute atomic E-state index is 0.134. The molecule has 3 aromatic rings. The third-order valence-electron chi connectivity index (χ3n) is 4.32. The summed E-state index contributed by atoms with van der Waals surface area (Å²) in [6, 6.07) is 16.6. The molecule has 0 fully saturated rings. The van der Waals surface area contributed by atoms with E-state index in [9.17, 15) is 13.6 Å². The molecular formula is C22H21F2N3O. The molecule has 1 amide bonds. The highest BCUT2D eigenvalue weighted by atomic mass is 19.1. The van der Waals surface area contributed by atoms with Crippen LogP contribution >= 0.6 is 0 Å². The summed E-state index contributed by atoms with van der Waals surface area (Å²) in [5.41, 5.74) is 0.920. The molecule has 1 aromatic heterocycles. The quantitative estimate of drug-likeness (QED) is 0.652. The average molecular weight is 381 g/mol. The van der Waals surface area contributed by atoms with Crippen LogP contribution in [-0.4, -0.2) is 16.9 Å². The minimum Gasteiger partial charge on any atom is -0.350 e. The van der Waals surface area contributed by atoms with Gasteiger partial charge in [-0.25, -0.2) is 13.8 Å². The van der Waals surface area contributed by atoms with Crippen LogP contribution in [0, 0.1) is 11.6 Å². The Labute approximate surface area is 162 Å². The number of amides is 1. The van der Waals surface area contributed by atoms with Crippen molar-refractivity contribution in [2.75, 3.05) is 10.2 Å². The van der Waals surface area contributed by atoms with Crippen LogP contribution in [0.3, 0.4) is 0 Å². The van der Waals surface area contributed by atoms with E-state index in [0.29, 0.717) is 12.4 Å². The number of anilines is 2. The van der Waals surface area contributed by atoms with E-state index >= 15 is 0 Å². The lowest BCUT2D eigenvalue weighted by Crippen LogP contribution is -2.31. The summed E-state index contributed by atoms with van der Waals surface area (Å²) in [5.74, 6) is -1.64. The van der Waals surface area contributed by atoms with Crippen molar-refractivity contribution in [3.63, 3.8) is 0 Å². The van der Waals surface area contributed by atoms with Gasteiger partial charge in [-0.2, -0.15) is 0 Å². The largest absolute Gasteiger partial charge is 0.350 e. The lowest BCUT2D eigenvalue weighted by molar-refractivity contribution is 0.102. The van der Waals surface area contributed by atoms with Gasteiger partial charge >= 0.3 is 0 Å². The van der Waals surface area contributed by atoms with Crippen LogP contribution in [0.1, 0.15) is 29.8 Å². The number of carbonyl (C=O) groups excluding carboxylic acids is 1. The first-order chi connectivity index (χ1) is 13.5. The highest BCUT2D eigenvalue weighted by Crippen LogP contribution is 2.22. The van der Waals surface area contributed by atoms with Gasteiger partial charge < -0.3 is 10.2 Å². The number of halogens is 2. The van der Waals surface area contributed by atoms with Crippen LogP contribution in [0.5, 0.6) is 0 Å². The molecule has 0 aliphatic heterocycles. The molecule has 28 heavy (non-hydrogen) atoms. The molecule has 0 bridgehead atoms. The molecule has 2 aromatic carbocycles. The first-order valence-electron chi connectivity index (χ1n) is 8.97. The highest BCUT2D eigenvalue weighted by Gasteiger charge is 2.17. The van der Waals surface area contributed by atoms with Crippen LogP contribution < -0.4 is 10.2 Å². The summed E-state index contributed by atoms with van der Waals surface area (Å²) >= 11 is 0. The first kappa shape index (κ1) is 19.5. The molecule has 0 unspecified atom stereocenters. The molecule has 0 radical (unpaired) electrons. The number of nitrogens with one attached hydrogen (secondary N) is 1. The Morgan fingerprint density at radius 1 is 1.04 bits per heavy atom. The van der Waals surface area contributed by atoms with E-state index < -0.39 is 23.2 Å². The van der Waals surface area contributed by atoms with Crippen molar-refractivity contribution in [1.82, 2.24) is 4.98 Å². The van der Waals surface area contributed by atoms with Crippen molar-refractivity contribution in [2.24, 2.45) is 0 Å². The molecular weight excluding hydrogens is 360 g/mol. The van der Waals surface area contributed by atoms with Gasteiger partial charge in [0.2, 0.25) is 0 Å². The summed E-state index contributed by atoms with van der Waals surface area (Å²) in [6.07, 6.45) is 1.52. The Kier molecular flexibility index (Phi) is 5.99. The number of hydrogen-bond acceptors (Lipinski definition) is 3. The molecule has 144 valence electrons. The zero-order valence-corrected chi connectivity index (χ0v) is 15.7. The van der Waals surface area contributed by atoms with Crippen molar-refractivity contribution >= 4 is 17.4 Å². The Balaban J connectivity index is 1.84. The molecule has 1 heterocycles. The van der Waals surface area contributed by atoms with E-state index in [4.69, 9.17) is 0 Å². The predicted octanol–water partition coefficient (Wildman–Crippen LogP) is 5.03. The molecule has 0 spiro atoms. The maximum Gasteiger partial charge on any atom is 0.256 e. The molecule has 0 atom stereocenters. The van der Waals surface area contributed by atoms with E-state index in [1.165, 1.54) is 18.3 Å². The van der Waals surface area contributed by atoms with Gasteiger partial charge in [-0.1, -0.05) is 36.4 Å². The van der Waals surface area contributed by atoms with Gasteiger partial charge in [0, 0.05) is 24.3 Å². The second kappa shape index (κ2) is 8.61. The van der Waals surface area contributed by atoms with Gasteiger partial charge in [-0.3, -0.25) is 4.79 Å². The fraction of sp³-hybridized carbons (Fsp3) is 0.182. The highest BCUT2D eigenvalue weighted by molar-refractivity contribution is 6.04. The van der Waals surface area contributed by atoms with Crippen molar-refractivity contribution in [3.05, 3.63) is 89.6 Å². The van der Waals surface area contributed by atoms with Crippen LogP contribution in [-0.2, 0) is 6.54 Å². The minimum atomic E-state index is -0.824. The monoisotopic (exact) mass is 381 g/mol. The van der Waals surface area contributed by atoms with Gasteiger partial charge in [0.15, 0.2) is 0 Å². The SMILES string of the molecule is CC(C)N(Cc1ccccc1)c1cc(C(=O)Nc2c(F)cccc2F)ccn1. The van der Waals surface area contributed by atoms with E-state index in [2.05, 4.69) is 15.2 Å². The summed E-state index contributed by atoms with van der Waals surface area (Å²) in [6.45, 7) is 4.69. The first-order valence-corrected chi connectivity index (χ1v) is 8.97. The Bertz CT molecular complexity index is 941. The van der Waals surface area contributed by atoms with Gasteiger partial charge in [-0.05, 0) is 43.7 Å². The van der Waals surface area contributed by atoms with Crippen molar-refractivity contribution in [3.8, 4) is 0 Å². The third kappa shape index (κ3) is 4.52. The van der Waals surface area contributed by atoms with E-state index in [0.717, 1.165) is 17.7 Å². The Morgan fingerprint density at radius 3 is 2.36 bits per heavy atom. The molecule has 0 aliphatic carbocycles. The lowest BCUT2D eigenvalue weighted by Gasteiger charge is -2.28. The second-order valence-corrected chi connectivity index (χ2v) is 6.66. The summed E-state index contributed by atoms with van der Waals surface area (Å²) in [4.78, 5) is 19.0. The summed E-state index contributed by atoms with van der Waals surface area (Å²) < 4.78 is 27.6. The van der Waals surface area contributed by atoms with Crippen molar-refractivity contribution in [2.45, 2.75) is 26.4 Å². The van der Waals surface area contributed by atoms with Crippen LogP contribution in [0.2, 0.25) is 0 Å². The molecule has 0 saturated carbocycles. The molecule has 4 nitrogen and oxygen atoms in total. The zero-order chi connectivity index (χ0) is 20.1. The normalized spacial score (nSPS) is 10.8. The number of benzene rings is 2. The summed E-state index contributed by atoms with van der Waals surface area (Å²) in [7, 11) is 0. The van der Waals surface area contributed by atoms with Gasteiger partial charge in [0.1, 0.15) is 23.1 Å². The van der Waals surface area contributed by atoms with Crippen LogP contribution in [0.25, 0.3) is 0 Å². The van der Waals surface area contributed by atoms with E-state index in [-0.39, 0.29) is 11.6 Å². The molecule has 6 heteroatoms. The van der Waals surface area contributed by atoms with Gasteiger partial charge in [0.05, 0.1) is 0 Å². The number of aromatic nitrogens is 1. The molecule has 3 rings (SSSR count). The summed E-state index contributed by atoms with van der Waals surface area (Å²) in [5, 5.41) is 2.30. The molecule has 0 aliphatic rings. The number of carbonyl (C=O) groups is 1.